The van der Waals surface area contributed by atoms with E-state index in [9.17, 15) is 19.6 Å². The average molecular weight is 438 g/mol. The predicted octanol–water partition coefficient (Wildman–Crippen LogP) is 1.83. The molecule has 32 heavy (non-hydrogen) atoms. The summed E-state index contributed by atoms with van der Waals surface area (Å²) >= 11 is 0. The van der Waals surface area contributed by atoms with Gasteiger partial charge < -0.3 is 15.0 Å². The van der Waals surface area contributed by atoms with Crippen LogP contribution in [-0.2, 0) is 14.3 Å². The molecule has 0 saturated carbocycles. The summed E-state index contributed by atoms with van der Waals surface area (Å²) in [6, 6.07) is 5.47. The van der Waals surface area contributed by atoms with Crippen molar-refractivity contribution >= 4 is 29.4 Å². The molecule has 0 spiro atoms. The first-order valence-corrected chi connectivity index (χ1v) is 10.7. The Labute approximate surface area is 186 Å². The van der Waals surface area contributed by atoms with Crippen molar-refractivity contribution < 1.29 is 14.3 Å². The molecule has 9 nitrogen and oxygen atoms in total. The Morgan fingerprint density at radius 3 is 2.88 bits per heavy atom. The van der Waals surface area contributed by atoms with Crippen LogP contribution in [0.3, 0.4) is 0 Å². The smallest absolute Gasteiger partial charge is 0.310 e. The van der Waals surface area contributed by atoms with Crippen LogP contribution in [0.2, 0.25) is 0 Å². The zero-order chi connectivity index (χ0) is 23.3. The number of carbonyl (C=O) groups excluding carboxylic acids is 2. The Hall–Kier alpha value is -3.67. The molecule has 0 aromatic carbocycles. The number of esters is 1. The molecule has 168 valence electrons. The third kappa shape index (κ3) is 4.64. The van der Waals surface area contributed by atoms with Crippen molar-refractivity contribution in [3.63, 3.8) is 0 Å². The summed E-state index contributed by atoms with van der Waals surface area (Å²) in [5, 5.41) is 12.1. The quantitative estimate of drug-likeness (QED) is 0.416. The van der Waals surface area contributed by atoms with Crippen molar-refractivity contribution in [2.75, 3.05) is 31.1 Å². The number of pyridine rings is 1. The first kappa shape index (κ1) is 23.0. The van der Waals surface area contributed by atoms with Crippen molar-refractivity contribution in [2.24, 2.45) is 5.92 Å². The van der Waals surface area contributed by atoms with Gasteiger partial charge in [0.2, 0.25) is 0 Å². The zero-order valence-electron chi connectivity index (χ0n) is 18.6. The van der Waals surface area contributed by atoms with Crippen LogP contribution in [0.4, 0.5) is 5.82 Å². The van der Waals surface area contributed by atoms with Gasteiger partial charge in [0.15, 0.2) is 0 Å². The summed E-state index contributed by atoms with van der Waals surface area (Å²) in [5.41, 5.74) is 0.868. The van der Waals surface area contributed by atoms with E-state index in [1.54, 1.807) is 26.1 Å². The second kappa shape index (κ2) is 10.1. The summed E-state index contributed by atoms with van der Waals surface area (Å²) in [4.78, 5) is 44.7. The Morgan fingerprint density at radius 2 is 2.19 bits per heavy atom. The van der Waals surface area contributed by atoms with Crippen molar-refractivity contribution in [3.05, 3.63) is 45.4 Å². The van der Waals surface area contributed by atoms with Gasteiger partial charge in [-0.05, 0) is 51.3 Å². The van der Waals surface area contributed by atoms with E-state index in [0.29, 0.717) is 44.1 Å². The van der Waals surface area contributed by atoms with Crippen LogP contribution in [0.1, 0.15) is 37.8 Å². The van der Waals surface area contributed by atoms with Gasteiger partial charge in [-0.3, -0.25) is 18.8 Å². The number of nitrogens with one attached hydrogen (secondary N) is 1. The molecule has 1 atom stereocenters. The number of ether oxygens (including phenoxy) is 1. The third-order valence-electron chi connectivity index (χ3n) is 5.40. The number of carbonyl (C=O) groups is 2. The monoisotopic (exact) mass is 437 g/mol. The first-order valence-electron chi connectivity index (χ1n) is 10.7. The van der Waals surface area contributed by atoms with Crippen LogP contribution in [0.15, 0.2) is 28.7 Å². The fourth-order valence-corrected chi connectivity index (χ4v) is 3.84. The maximum Gasteiger partial charge on any atom is 0.310 e. The number of hydrogen-bond donors (Lipinski definition) is 1. The highest BCUT2D eigenvalue weighted by Gasteiger charge is 2.30. The number of likely N-dealkylation sites (N-methyl/N-ethyl adjacent to an activating group) is 1. The largest absolute Gasteiger partial charge is 0.466 e. The van der Waals surface area contributed by atoms with Crippen LogP contribution < -0.4 is 15.8 Å². The summed E-state index contributed by atoms with van der Waals surface area (Å²) in [6.45, 7) is 6.96. The van der Waals surface area contributed by atoms with Crippen molar-refractivity contribution in [3.8, 4) is 6.07 Å². The topological polar surface area (TPSA) is 117 Å². The third-order valence-corrected chi connectivity index (χ3v) is 5.40. The number of piperidine rings is 1. The molecule has 1 saturated heterocycles. The van der Waals surface area contributed by atoms with Gasteiger partial charge in [-0.2, -0.15) is 5.26 Å². The minimum atomic E-state index is -0.558. The second-order valence-electron chi connectivity index (χ2n) is 7.61. The average Bonchev–Trinajstić information content (AvgIpc) is 2.79. The lowest BCUT2D eigenvalue weighted by Crippen LogP contribution is -2.41. The van der Waals surface area contributed by atoms with Crippen molar-refractivity contribution in [1.29, 1.82) is 5.26 Å². The van der Waals surface area contributed by atoms with Crippen LogP contribution >= 0.6 is 0 Å². The van der Waals surface area contributed by atoms with Gasteiger partial charge in [-0.15, -0.1) is 0 Å². The van der Waals surface area contributed by atoms with E-state index in [-0.39, 0.29) is 28.6 Å². The summed E-state index contributed by atoms with van der Waals surface area (Å²) in [5.74, 6) is -0.812. The molecule has 0 aliphatic carbocycles. The van der Waals surface area contributed by atoms with Gasteiger partial charge in [0.25, 0.3) is 11.5 Å². The van der Waals surface area contributed by atoms with Gasteiger partial charge in [0, 0.05) is 25.8 Å². The van der Waals surface area contributed by atoms with E-state index >= 15 is 0 Å². The van der Waals surface area contributed by atoms with E-state index in [4.69, 9.17) is 9.72 Å². The van der Waals surface area contributed by atoms with Gasteiger partial charge in [-0.1, -0.05) is 6.07 Å². The molecular formula is C23H27N5O4. The molecule has 0 bridgehead atoms. The highest BCUT2D eigenvalue weighted by molar-refractivity contribution is 6.02. The zero-order valence-corrected chi connectivity index (χ0v) is 18.6. The number of anilines is 1. The minimum Gasteiger partial charge on any atom is -0.466 e. The van der Waals surface area contributed by atoms with E-state index in [0.717, 1.165) is 12.0 Å². The molecule has 2 aromatic heterocycles. The summed E-state index contributed by atoms with van der Waals surface area (Å²) in [7, 11) is 0. The van der Waals surface area contributed by atoms with Gasteiger partial charge in [0.05, 0.1) is 18.1 Å². The van der Waals surface area contributed by atoms with Gasteiger partial charge >= 0.3 is 5.97 Å². The number of nitrogens with zero attached hydrogens (tertiary/aromatic N) is 4. The molecule has 1 aliphatic rings. The van der Waals surface area contributed by atoms with Crippen LogP contribution in [0.25, 0.3) is 11.7 Å². The summed E-state index contributed by atoms with van der Waals surface area (Å²) in [6.07, 6.45) is 4.31. The predicted molar refractivity (Wildman–Crippen MR) is 120 cm³/mol. The lowest BCUT2D eigenvalue weighted by Gasteiger charge is -2.33. The molecule has 1 unspecified atom stereocenters. The van der Waals surface area contributed by atoms with Crippen LogP contribution in [-0.4, -0.2) is 47.5 Å². The van der Waals surface area contributed by atoms with E-state index in [1.165, 1.54) is 10.5 Å². The highest BCUT2D eigenvalue weighted by atomic mass is 16.5. The second-order valence-corrected chi connectivity index (χ2v) is 7.61. The molecule has 1 amide bonds. The number of amides is 1. The Balaban J connectivity index is 2.18. The lowest BCUT2D eigenvalue weighted by molar-refractivity contribution is -0.148. The summed E-state index contributed by atoms with van der Waals surface area (Å²) < 4.78 is 6.60. The maximum atomic E-state index is 13.4. The lowest BCUT2D eigenvalue weighted by atomic mass is 9.97. The molecule has 1 N–H and O–H groups in total. The molecule has 9 heteroatoms. The fourth-order valence-electron chi connectivity index (χ4n) is 3.84. The van der Waals surface area contributed by atoms with Gasteiger partial charge in [-0.25, -0.2) is 4.98 Å². The number of rotatable bonds is 6. The number of fused-ring (bicyclic) bond motifs is 1. The maximum absolute atomic E-state index is 13.4. The molecule has 3 heterocycles. The standard InChI is InChI=1S/C23H27N5O4/c1-4-25-21(29)17(13-24)12-18-20(26-19-15(3)8-6-11-28(19)22(18)30)27-10-7-9-16(14-27)23(31)32-5-2/h6,8,11-12,16H,4-5,7,9-10,14H2,1-3H3,(H,25,29)/b17-12+. The highest BCUT2D eigenvalue weighted by Crippen LogP contribution is 2.26. The Kier molecular flexibility index (Phi) is 7.25. The fraction of sp³-hybridized carbons (Fsp3) is 0.435. The van der Waals surface area contributed by atoms with E-state index < -0.39 is 5.91 Å². The molecule has 1 fully saturated rings. The number of nitriles is 1. The van der Waals surface area contributed by atoms with Gasteiger partial charge in [0.1, 0.15) is 23.1 Å². The molecule has 0 radical (unpaired) electrons. The molecule has 1 aliphatic heterocycles. The van der Waals surface area contributed by atoms with Crippen molar-refractivity contribution in [1.82, 2.24) is 14.7 Å². The van der Waals surface area contributed by atoms with E-state index in [2.05, 4.69) is 5.32 Å². The molecule has 3 rings (SSSR count). The molecular weight excluding hydrogens is 410 g/mol. The number of aryl methyl sites for hydroxylation is 1. The normalized spacial score (nSPS) is 16.5. The number of hydrogen-bond acceptors (Lipinski definition) is 7. The van der Waals surface area contributed by atoms with Crippen LogP contribution in [0.5, 0.6) is 0 Å². The SMILES string of the molecule is CCNC(=O)/C(C#N)=C/c1c(N2CCCC(C(=O)OCC)C2)nc2c(C)cccn2c1=O. The number of aromatic nitrogens is 2. The van der Waals surface area contributed by atoms with E-state index in [1.807, 2.05) is 24.0 Å². The Morgan fingerprint density at radius 1 is 1.41 bits per heavy atom. The van der Waals surface area contributed by atoms with Crippen molar-refractivity contribution in [2.45, 2.75) is 33.6 Å². The molecule has 2 aromatic rings. The minimum absolute atomic E-state index is 0.139. The van der Waals surface area contributed by atoms with Crippen LogP contribution in [0, 0.1) is 24.2 Å². The first-order chi connectivity index (χ1) is 15.4. The Bertz CT molecular complexity index is 1160.